The van der Waals surface area contributed by atoms with Crippen LogP contribution < -0.4 is 5.32 Å². The number of aryl methyl sites for hydroxylation is 2. The van der Waals surface area contributed by atoms with Crippen LogP contribution >= 0.6 is 11.6 Å². The minimum absolute atomic E-state index is 0.122. The van der Waals surface area contributed by atoms with E-state index in [1.807, 2.05) is 18.8 Å². The lowest BCUT2D eigenvalue weighted by Gasteiger charge is -2.32. The SMILES string of the molecule is CCc1nn(C)c(CC2(CNC)CCOC2C)c1Cl. The van der Waals surface area contributed by atoms with Crippen molar-refractivity contribution < 1.29 is 4.74 Å². The highest BCUT2D eigenvalue weighted by Gasteiger charge is 2.42. The minimum Gasteiger partial charge on any atom is -0.378 e. The van der Waals surface area contributed by atoms with Gasteiger partial charge in [0.1, 0.15) is 0 Å². The van der Waals surface area contributed by atoms with Crippen LogP contribution in [0.15, 0.2) is 0 Å². The smallest absolute Gasteiger partial charge is 0.0849 e. The van der Waals surface area contributed by atoms with E-state index in [0.717, 1.165) is 48.8 Å². The quantitative estimate of drug-likeness (QED) is 0.901. The molecule has 2 heterocycles. The molecule has 4 nitrogen and oxygen atoms in total. The maximum Gasteiger partial charge on any atom is 0.0849 e. The monoisotopic (exact) mass is 285 g/mol. The highest BCUT2D eigenvalue weighted by atomic mass is 35.5. The third kappa shape index (κ3) is 2.67. The standard InChI is InChI=1S/C14H24ClN3O/c1-5-11-13(15)12(18(4)17-11)8-14(9-16-3)6-7-19-10(14)2/h10,16H,5-9H2,1-4H3. The first kappa shape index (κ1) is 14.8. The van der Waals surface area contributed by atoms with Gasteiger partial charge in [-0.05, 0) is 26.8 Å². The van der Waals surface area contributed by atoms with Crippen molar-refractivity contribution >= 4 is 11.6 Å². The lowest BCUT2D eigenvalue weighted by Crippen LogP contribution is -2.40. The Morgan fingerprint density at radius 3 is 2.79 bits per heavy atom. The summed E-state index contributed by atoms with van der Waals surface area (Å²) in [6.07, 6.45) is 3.10. The lowest BCUT2D eigenvalue weighted by atomic mass is 9.77. The molecule has 19 heavy (non-hydrogen) atoms. The zero-order valence-corrected chi connectivity index (χ0v) is 13.0. The third-order valence-electron chi connectivity index (χ3n) is 4.38. The van der Waals surface area contributed by atoms with Crippen molar-refractivity contribution in [1.29, 1.82) is 0 Å². The molecule has 0 aromatic carbocycles. The maximum atomic E-state index is 6.47. The van der Waals surface area contributed by atoms with Crippen molar-refractivity contribution in [1.82, 2.24) is 15.1 Å². The van der Waals surface area contributed by atoms with E-state index < -0.39 is 0 Å². The average Bonchev–Trinajstić information content (AvgIpc) is 2.86. The summed E-state index contributed by atoms with van der Waals surface area (Å²) in [5.41, 5.74) is 2.24. The number of nitrogens with one attached hydrogen (secondary N) is 1. The van der Waals surface area contributed by atoms with Gasteiger partial charge in [0, 0.05) is 32.0 Å². The van der Waals surface area contributed by atoms with Gasteiger partial charge in [-0.3, -0.25) is 4.68 Å². The first-order valence-electron chi connectivity index (χ1n) is 7.00. The Kier molecular flexibility index (Phi) is 4.54. The Labute approximate surface area is 120 Å². The fraction of sp³-hybridized carbons (Fsp3) is 0.786. The van der Waals surface area contributed by atoms with Crippen molar-refractivity contribution in [2.45, 2.75) is 39.2 Å². The fourth-order valence-electron chi connectivity index (χ4n) is 3.04. The molecule has 0 bridgehead atoms. The first-order valence-corrected chi connectivity index (χ1v) is 7.38. The summed E-state index contributed by atoms with van der Waals surface area (Å²) in [5.74, 6) is 0. The molecule has 0 radical (unpaired) electrons. The molecule has 5 heteroatoms. The van der Waals surface area contributed by atoms with Crippen LogP contribution in [0, 0.1) is 5.41 Å². The van der Waals surface area contributed by atoms with Crippen LogP contribution in [0.4, 0.5) is 0 Å². The zero-order chi connectivity index (χ0) is 14.0. The molecule has 2 rings (SSSR count). The second kappa shape index (κ2) is 5.81. The molecule has 1 aromatic rings. The number of halogens is 1. The van der Waals surface area contributed by atoms with Crippen LogP contribution in [-0.4, -0.2) is 36.1 Å². The molecule has 0 spiro atoms. The average molecular weight is 286 g/mol. The van der Waals surface area contributed by atoms with Gasteiger partial charge >= 0.3 is 0 Å². The Morgan fingerprint density at radius 2 is 2.32 bits per heavy atom. The maximum absolute atomic E-state index is 6.47. The number of nitrogens with zero attached hydrogens (tertiary/aromatic N) is 2. The fourth-order valence-corrected chi connectivity index (χ4v) is 3.40. The van der Waals surface area contributed by atoms with Crippen molar-refractivity contribution in [3.05, 3.63) is 16.4 Å². The molecule has 108 valence electrons. The Balaban J connectivity index is 2.30. The molecule has 0 saturated carbocycles. The minimum atomic E-state index is 0.122. The van der Waals surface area contributed by atoms with Crippen LogP contribution in [0.1, 0.15) is 31.7 Å². The number of hydrogen-bond donors (Lipinski definition) is 1. The van der Waals surface area contributed by atoms with Crippen LogP contribution in [0.25, 0.3) is 0 Å². The predicted molar refractivity (Wildman–Crippen MR) is 77.7 cm³/mol. The molecule has 1 saturated heterocycles. The number of aromatic nitrogens is 2. The molecule has 2 unspecified atom stereocenters. The molecule has 0 amide bonds. The Bertz CT molecular complexity index is 446. The van der Waals surface area contributed by atoms with Gasteiger partial charge in [0.2, 0.25) is 0 Å². The van der Waals surface area contributed by atoms with Gasteiger partial charge in [0.05, 0.1) is 22.5 Å². The molecular weight excluding hydrogens is 262 g/mol. The lowest BCUT2D eigenvalue weighted by molar-refractivity contribution is 0.0631. The van der Waals surface area contributed by atoms with E-state index in [1.54, 1.807) is 0 Å². The first-order chi connectivity index (χ1) is 9.04. The summed E-state index contributed by atoms with van der Waals surface area (Å²) < 4.78 is 7.73. The largest absolute Gasteiger partial charge is 0.378 e. The summed E-state index contributed by atoms with van der Waals surface area (Å²) in [6.45, 7) is 6.02. The summed E-state index contributed by atoms with van der Waals surface area (Å²) in [6, 6.07) is 0. The van der Waals surface area contributed by atoms with Crippen LogP contribution in [0.3, 0.4) is 0 Å². The number of hydrogen-bond acceptors (Lipinski definition) is 3. The molecular formula is C14H24ClN3O. The topological polar surface area (TPSA) is 39.1 Å². The summed E-state index contributed by atoms with van der Waals surface area (Å²) in [7, 11) is 3.98. The van der Waals surface area contributed by atoms with Crippen LogP contribution in [0.2, 0.25) is 5.02 Å². The summed E-state index contributed by atoms with van der Waals surface area (Å²) in [4.78, 5) is 0. The number of ether oxygens (including phenoxy) is 1. The van der Waals surface area contributed by atoms with Gasteiger partial charge < -0.3 is 10.1 Å². The highest BCUT2D eigenvalue weighted by molar-refractivity contribution is 6.31. The number of rotatable bonds is 5. The van der Waals surface area contributed by atoms with E-state index in [1.165, 1.54) is 0 Å². The van der Waals surface area contributed by atoms with Gasteiger partial charge in [-0.1, -0.05) is 18.5 Å². The van der Waals surface area contributed by atoms with Gasteiger partial charge in [0.15, 0.2) is 0 Å². The zero-order valence-electron chi connectivity index (χ0n) is 12.3. The van der Waals surface area contributed by atoms with E-state index in [2.05, 4.69) is 24.3 Å². The van der Waals surface area contributed by atoms with Gasteiger partial charge in [-0.15, -0.1) is 0 Å². The van der Waals surface area contributed by atoms with Crippen molar-refractivity contribution in [3.8, 4) is 0 Å². The molecule has 2 atom stereocenters. The second-order valence-corrected chi connectivity index (χ2v) is 5.89. The van der Waals surface area contributed by atoms with E-state index in [4.69, 9.17) is 16.3 Å². The summed E-state index contributed by atoms with van der Waals surface area (Å²) >= 11 is 6.47. The van der Waals surface area contributed by atoms with E-state index in [-0.39, 0.29) is 11.5 Å². The van der Waals surface area contributed by atoms with Crippen LogP contribution in [0.5, 0.6) is 0 Å². The van der Waals surface area contributed by atoms with Gasteiger partial charge in [-0.25, -0.2) is 0 Å². The summed E-state index contributed by atoms with van der Waals surface area (Å²) in [5, 5.41) is 8.65. The Morgan fingerprint density at radius 1 is 1.58 bits per heavy atom. The van der Waals surface area contributed by atoms with Crippen molar-refractivity contribution in [2.24, 2.45) is 12.5 Å². The van der Waals surface area contributed by atoms with Crippen molar-refractivity contribution in [3.63, 3.8) is 0 Å². The predicted octanol–water partition coefficient (Wildman–Crippen LogP) is 2.19. The van der Waals surface area contributed by atoms with Crippen molar-refractivity contribution in [2.75, 3.05) is 20.2 Å². The van der Waals surface area contributed by atoms with Gasteiger partial charge in [-0.2, -0.15) is 5.10 Å². The molecule has 1 aliphatic heterocycles. The van der Waals surface area contributed by atoms with E-state index >= 15 is 0 Å². The van der Waals surface area contributed by atoms with Crippen LogP contribution in [-0.2, 0) is 24.6 Å². The van der Waals surface area contributed by atoms with E-state index in [0.29, 0.717) is 0 Å². The normalized spacial score (nSPS) is 27.1. The second-order valence-electron chi connectivity index (χ2n) is 5.52. The molecule has 1 aliphatic rings. The molecule has 1 fully saturated rings. The molecule has 1 aromatic heterocycles. The molecule has 0 aliphatic carbocycles. The Hall–Kier alpha value is -0.580. The van der Waals surface area contributed by atoms with Gasteiger partial charge in [0.25, 0.3) is 0 Å². The highest BCUT2D eigenvalue weighted by Crippen LogP contribution is 2.39. The third-order valence-corrected chi connectivity index (χ3v) is 4.82. The molecule has 1 N–H and O–H groups in total. The van der Waals surface area contributed by atoms with E-state index in [9.17, 15) is 0 Å².